The van der Waals surface area contributed by atoms with Crippen LogP contribution in [0.2, 0.25) is 0 Å². The Bertz CT molecular complexity index is 1090. The van der Waals surface area contributed by atoms with E-state index in [0.717, 1.165) is 40.2 Å². The molecule has 0 spiro atoms. The van der Waals surface area contributed by atoms with Crippen molar-refractivity contribution in [3.63, 3.8) is 0 Å². The summed E-state index contributed by atoms with van der Waals surface area (Å²) >= 11 is 0. The molecule has 0 fully saturated rings. The van der Waals surface area contributed by atoms with E-state index in [1.165, 1.54) is 0 Å². The number of hydrogen-bond acceptors (Lipinski definition) is 4. The molecular weight excluding hydrogens is 344 g/mol. The minimum Gasteiger partial charge on any atom is -0.224 e. The Hall–Kier alpha value is -1.40. The maximum absolute atomic E-state index is 12.5. The standard InChI is InChI=1S/C18H24O4S2/c1-9-10(2)12(4)16-15(11(9)3)13(5)17(23(7,19)20)14(6)18(16)24(8,21)22/h1-8H3. The first-order chi connectivity index (χ1) is 10.7. The van der Waals surface area contributed by atoms with E-state index in [0.29, 0.717) is 16.5 Å². The van der Waals surface area contributed by atoms with Crippen LogP contribution in [0.1, 0.15) is 33.4 Å². The maximum Gasteiger partial charge on any atom is 0.176 e. The molecule has 0 aliphatic heterocycles. The molecule has 24 heavy (non-hydrogen) atoms. The highest BCUT2D eigenvalue weighted by molar-refractivity contribution is 7.91. The number of fused-ring (bicyclic) bond motifs is 1. The van der Waals surface area contributed by atoms with Gasteiger partial charge in [-0.25, -0.2) is 16.8 Å². The molecule has 0 amide bonds. The van der Waals surface area contributed by atoms with Gasteiger partial charge in [0.2, 0.25) is 0 Å². The second-order valence-electron chi connectivity index (χ2n) is 6.70. The molecule has 2 aromatic carbocycles. The third kappa shape index (κ3) is 2.65. The van der Waals surface area contributed by atoms with Crippen molar-refractivity contribution in [1.29, 1.82) is 0 Å². The monoisotopic (exact) mass is 368 g/mol. The van der Waals surface area contributed by atoms with Crippen molar-refractivity contribution < 1.29 is 16.8 Å². The van der Waals surface area contributed by atoms with Crippen LogP contribution in [0.3, 0.4) is 0 Å². The van der Waals surface area contributed by atoms with E-state index in [2.05, 4.69) is 0 Å². The molecule has 132 valence electrons. The summed E-state index contributed by atoms with van der Waals surface area (Å²) in [5, 5.41) is 1.39. The van der Waals surface area contributed by atoms with Crippen LogP contribution in [0.4, 0.5) is 0 Å². The second kappa shape index (κ2) is 5.56. The predicted molar refractivity (Wildman–Crippen MR) is 98.6 cm³/mol. The highest BCUT2D eigenvalue weighted by Gasteiger charge is 2.28. The quantitative estimate of drug-likeness (QED) is 0.813. The molecule has 0 aliphatic rings. The molecule has 0 aromatic heterocycles. The fourth-order valence-electron chi connectivity index (χ4n) is 3.77. The Kier molecular flexibility index (Phi) is 4.39. The van der Waals surface area contributed by atoms with E-state index < -0.39 is 19.7 Å². The summed E-state index contributed by atoms with van der Waals surface area (Å²) in [6.07, 6.45) is 2.27. The van der Waals surface area contributed by atoms with Gasteiger partial charge < -0.3 is 0 Å². The Labute approximate surface area is 144 Å². The molecule has 0 N–H and O–H groups in total. The van der Waals surface area contributed by atoms with Gasteiger partial charge in [0.05, 0.1) is 9.79 Å². The van der Waals surface area contributed by atoms with Crippen LogP contribution in [0.5, 0.6) is 0 Å². The van der Waals surface area contributed by atoms with Crippen LogP contribution in [-0.2, 0) is 19.7 Å². The molecule has 0 aliphatic carbocycles. The topological polar surface area (TPSA) is 68.3 Å². The number of aryl methyl sites for hydroxylation is 3. The number of benzene rings is 2. The number of rotatable bonds is 2. The van der Waals surface area contributed by atoms with Gasteiger partial charge in [-0.1, -0.05) is 0 Å². The summed E-state index contributed by atoms with van der Waals surface area (Å²) in [4.78, 5) is 0.258. The average Bonchev–Trinajstić information content (AvgIpc) is 2.39. The summed E-state index contributed by atoms with van der Waals surface area (Å²) in [5.74, 6) is 0. The molecule has 0 radical (unpaired) electrons. The van der Waals surface area contributed by atoms with Gasteiger partial charge in [-0.05, 0) is 80.3 Å². The lowest BCUT2D eigenvalue weighted by molar-refractivity contribution is 0.599. The number of sulfone groups is 2. The Balaban J connectivity index is 3.45. The second-order valence-corrected chi connectivity index (χ2v) is 10.6. The maximum atomic E-state index is 12.5. The summed E-state index contributed by atoms with van der Waals surface area (Å²) in [6, 6.07) is 0. The molecule has 0 unspecified atom stereocenters. The smallest absolute Gasteiger partial charge is 0.176 e. The minimum atomic E-state index is -3.59. The minimum absolute atomic E-state index is 0.126. The van der Waals surface area contributed by atoms with Gasteiger partial charge in [0.25, 0.3) is 0 Å². The highest BCUT2D eigenvalue weighted by atomic mass is 32.2. The Morgan fingerprint density at radius 3 is 1.21 bits per heavy atom. The first-order valence-corrected chi connectivity index (χ1v) is 11.4. The fraction of sp³-hybridized carbons (Fsp3) is 0.444. The zero-order valence-electron chi connectivity index (χ0n) is 15.4. The van der Waals surface area contributed by atoms with Gasteiger partial charge in [-0.2, -0.15) is 0 Å². The summed E-state index contributed by atoms with van der Waals surface area (Å²) in [7, 11) is -7.15. The largest absolute Gasteiger partial charge is 0.224 e. The molecule has 4 nitrogen and oxygen atoms in total. The lowest BCUT2D eigenvalue weighted by Gasteiger charge is -2.22. The van der Waals surface area contributed by atoms with Gasteiger partial charge in [0.15, 0.2) is 19.7 Å². The summed E-state index contributed by atoms with van der Waals surface area (Å²) < 4.78 is 49.7. The lowest BCUT2D eigenvalue weighted by atomic mass is 9.88. The molecule has 0 saturated carbocycles. The fourth-order valence-corrected chi connectivity index (χ4v) is 6.44. The van der Waals surface area contributed by atoms with E-state index in [4.69, 9.17) is 0 Å². The van der Waals surface area contributed by atoms with Crippen LogP contribution < -0.4 is 0 Å². The highest BCUT2D eigenvalue weighted by Crippen LogP contribution is 2.41. The van der Waals surface area contributed by atoms with Crippen LogP contribution in [0.25, 0.3) is 10.8 Å². The van der Waals surface area contributed by atoms with Gasteiger partial charge in [-0.15, -0.1) is 0 Å². The van der Waals surface area contributed by atoms with Crippen molar-refractivity contribution in [2.75, 3.05) is 12.5 Å². The normalized spacial score (nSPS) is 12.8. The van der Waals surface area contributed by atoms with Crippen molar-refractivity contribution >= 4 is 30.4 Å². The zero-order chi connectivity index (χ0) is 18.8. The van der Waals surface area contributed by atoms with Gasteiger partial charge in [0, 0.05) is 17.9 Å². The van der Waals surface area contributed by atoms with Crippen LogP contribution in [-0.4, -0.2) is 29.3 Å². The third-order valence-electron chi connectivity index (χ3n) is 5.05. The lowest BCUT2D eigenvalue weighted by Crippen LogP contribution is -2.12. The van der Waals surface area contributed by atoms with Gasteiger partial charge in [0.1, 0.15) is 0 Å². The van der Waals surface area contributed by atoms with E-state index in [9.17, 15) is 16.8 Å². The molecule has 0 saturated heterocycles. The molecular formula is C18H24O4S2. The Morgan fingerprint density at radius 1 is 0.458 bits per heavy atom. The van der Waals surface area contributed by atoms with Crippen LogP contribution in [0, 0.1) is 41.5 Å². The Morgan fingerprint density at radius 2 is 0.833 bits per heavy atom. The summed E-state index contributed by atoms with van der Waals surface area (Å²) in [6.45, 7) is 11.1. The predicted octanol–water partition coefficient (Wildman–Crippen LogP) is 3.50. The van der Waals surface area contributed by atoms with Crippen molar-refractivity contribution in [2.24, 2.45) is 0 Å². The first kappa shape index (κ1) is 18.9. The average molecular weight is 369 g/mol. The van der Waals surface area contributed by atoms with Crippen molar-refractivity contribution in [3.05, 3.63) is 33.4 Å². The van der Waals surface area contributed by atoms with E-state index in [-0.39, 0.29) is 9.79 Å². The SMILES string of the molecule is Cc1c(C)c(C)c2c(S(C)(=O)=O)c(C)c(S(C)(=O)=O)c(C)c2c1C. The van der Waals surface area contributed by atoms with Crippen molar-refractivity contribution in [1.82, 2.24) is 0 Å². The van der Waals surface area contributed by atoms with E-state index in [1.54, 1.807) is 13.8 Å². The molecule has 2 aromatic rings. The third-order valence-corrected chi connectivity index (χ3v) is 7.66. The van der Waals surface area contributed by atoms with Crippen LogP contribution in [0.15, 0.2) is 9.79 Å². The van der Waals surface area contributed by atoms with E-state index in [1.807, 2.05) is 27.7 Å². The van der Waals surface area contributed by atoms with E-state index >= 15 is 0 Å². The molecule has 0 heterocycles. The number of hydrogen-bond donors (Lipinski definition) is 0. The zero-order valence-corrected chi connectivity index (χ0v) is 17.1. The molecule has 6 heteroatoms. The summed E-state index contributed by atoms with van der Waals surface area (Å²) in [5.41, 5.74) is 4.86. The van der Waals surface area contributed by atoms with Gasteiger partial charge in [-0.3, -0.25) is 0 Å². The molecule has 2 rings (SSSR count). The first-order valence-electron chi connectivity index (χ1n) is 7.64. The molecule has 0 bridgehead atoms. The van der Waals surface area contributed by atoms with Crippen molar-refractivity contribution in [2.45, 2.75) is 51.3 Å². The van der Waals surface area contributed by atoms with Gasteiger partial charge >= 0.3 is 0 Å². The van der Waals surface area contributed by atoms with Crippen LogP contribution >= 0.6 is 0 Å². The van der Waals surface area contributed by atoms with Crippen molar-refractivity contribution in [3.8, 4) is 0 Å². The molecule has 0 atom stereocenters.